The molecular formula is C21H34O4. The van der Waals surface area contributed by atoms with Gasteiger partial charge in [0, 0.05) is 13.5 Å². The van der Waals surface area contributed by atoms with Gasteiger partial charge in [-0.15, -0.1) is 0 Å². The van der Waals surface area contributed by atoms with E-state index in [2.05, 4.69) is 6.58 Å². The normalized spacial score (nSPS) is 17.7. The van der Waals surface area contributed by atoms with E-state index in [1.165, 1.54) is 19.3 Å². The summed E-state index contributed by atoms with van der Waals surface area (Å²) >= 11 is 0. The predicted octanol–water partition coefficient (Wildman–Crippen LogP) is 4.81. The molecule has 0 aromatic rings. The van der Waals surface area contributed by atoms with Crippen LogP contribution in [0.4, 0.5) is 0 Å². The zero-order valence-corrected chi connectivity index (χ0v) is 16.3. The van der Waals surface area contributed by atoms with E-state index in [1.807, 2.05) is 32.1 Å². The zero-order chi connectivity index (χ0) is 18.7. The fourth-order valence-corrected chi connectivity index (χ4v) is 2.86. The van der Waals surface area contributed by atoms with Crippen LogP contribution in [0.15, 0.2) is 36.6 Å². The number of ether oxygens (including phenoxy) is 3. The minimum absolute atomic E-state index is 0.00352. The van der Waals surface area contributed by atoms with Gasteiger partial charge in [-0.05, 0) is 43.8 Å². The molecule has 0 radical (unpaired) electrons. The van der Waals surface area contributed by atoms with E-state index < -0.39 is 5.60 Å². The summed E-state index contributed by atoms with van der Waals surface area (Å²) in [5.41, 5.74) is -0.877. The van der Waals surface area contributed by atoms with E-state index in [9.17, 15) is 4.79 Å². The third-order valence-corrected chi connectivity index (χ3v) is 4.67. The molecule has 4 nitrogen and oxygen atoms in total. The Hall–Kier alpha value is -1.39. The molecule has 0 aliphatic heterocycles. The number of Topliss-reactive ketones (excluding diaryl/α,β-unsaturated/α-hetero) is 1. The molecule has 0 saturated heterocycles. The van der Waals surface area contributed by atoms with Gasteiger partial charge in [0.05, 0.1) is 6.61 Å². The van der Waals surface area contributed by atoms with Crippen molar-refractivity contribution < 1.29 is 19.0 Å². The van der Waals surface area contributed by atoms with Crippen LogP contribution in [0.3, 0.4) is 0 Å². The second kappa shape index (κ2) is 11.3. The van der Waals surface area contributed by atoms with Crippen molar-refractivity contribution in [3.05, 3.63) is 36.6 Å². The molecule has 0 bridgehead atoms. The molecule has 142 valence electrons. The number of hydrogen-bond acceptors (Lipinski definition) is 4. The van der Waals surface area contributed by atoms with E-state index in [0.29, 0.717) is 13.0 Å². The first-order chi connectivity index (χ1) is 12.0. The molecule has 1 aliphatic carbocycles. The van der Waals surface area contributed by atoms with Crippen LogP contribution < -0.4 is 0 Å². The van der Waals surface area contributed by atoms with Gasteiger partial charge >= 0.3 is 0 Å². The summed E-state index contributed by atoms with van der Waals surface area (Å²) in [5.74, 6) is 1.73. The third kappa shape index (κ3) is 7.57. The zero-order valence-electron chi connectivity index (χ0n) is 16.3. The van der Waals surface area contributed by atoms with E-state index in [-0.39, 0.29) is 18.5 Å². The van der Waals surface area contributed by atoms with Crippen LogP contribution in [0.25, 0.3) is 0 Å². The van der Waals surface area contributed by atoms with Crippen LogP contribution in [-0.4, -0.2) is 31.9 Å². The van der Waals surface area contributed by atoms with Crippen LogP contribution in [0.2, 0.25) is 0 Å². The van der Waals surface area contributed by atoms with Gasteiger partial charge in [-0.2, -0.15) is 0 Å². The first-order valence-electron chi connectivity index (χ1n) is 9.22. The Labute approximate surface area is 152 Å². The highest BCUT2D eigenvalue weighted by Crippen LogP contribution is 2.33. The molecule has 0 N–H and O–H groups in total. The fourth-order valence-electron chi connectivity index (χ4n) is 2.86. The number of carbonyl (C=O) groups excluding carboxylic acids is 1. The van der Waals surface area contributed by atoms with Crippen molar-refractivity contribution in [1.29, 1.82) is 0 Å². The van der Waals surface area contributed by atoms with Crippen LogP contribution in [0.5, 0.6) is 0 Å². The molecule has 0 amide bonds. The van der Waals surface area contributed by atoms with Gasteiger partial charge in [0.25, 0.3) is 0 Å². The Bertz CT molecular complexity index is 474. The summed E-state index contributed by atoms with van der Waals surface area (Å²) in [6.07, 6.45) is 12.9. The molecule has 0 aromatic heterocycles. The van der Waals surface area contributed by atoms with Crippen molar-refractivity contribution in [1.82, 2.24) is 0 Å². The van der Waals surface area contributed by atoms with E-state index >= 15 is 0 Å². The Morgan fingerprint density at radius 3 is 2.60 bits per heavy atom. The summed E-state index contributed by atoms with van der Waals surface area (Å²) in [6.45, 7) is 10.1. The SMILES string of the molecule is C=C/C=C(\C=C\CC(OCOC)(C(C)=O)C(C)C)OCCCC1CC1. The van der Waals surface area contributed by atoms with E-state index in [1.54, 1.807) is 20.1 Å². The maximum absolute atomic E-state index is 12.2. The van der Waals surface area contributed by atoms with Gasteiger partial charge in [0.2, 0.25) is 0 Å². The highest BCUT2D eigenvalue weighted by atomic mass is 16.7. The van der Waals surface area contributed by atoms with Crippen LogP contribution in [-0.2, 0) is 19.0 Å². The summed E-state index contributed by atoms with van der Waals surface area (Å²) in [5, 5.41) is 0. The smallest absolute Gasteiger partial charge is 0.162 e. The van der Waals surface area contributed by atoms with Gasteiger partial charge < -0.3 is 14.2 Å². The fraction of sp³-hybridized carbons (Fsp3) is 0.667. The molecule has 25 heavy (non-hydrogen) atoms. The van der Waals surface area contributed by atoms with E-state index in [0.717, 1.165) is 18.1 Å². The van der Waals surface area contributed by atoms with Crippen molar-refractivity contribution in [2.24, 2.45) is 11.8 Å². The lowest BCUT2D eigenvalue weighted by atomic mass is 9.83. The summed E-state index contributed by atoms with van der Waals surface area (Å²) in [6, 6.07) is 0. The molecule has 1 atom stereocenters. The molecule has 1 saturated carbocycles. The van der Waals surface area contributed by atoms with Gasteiger partial charge in [-0.1, -0.05) is 45.4 Å². The quantitative estimate of drug-likeness (QED) is 0.195. The van der Waals surface area contributed by atoms with Crippen LogP contribution >= 0.6 is 0 Å². The lowest BCUT2D eigenvalue weighted by Crippen LogP contribution is -2.45. The van der Waals surface area contributed by atoms with Crippen LogP contribution in [0, 0.1) is 11.8 Å². The van der Waals surface area contributed by atoms with Crippen LogP contribution in [0.1, 0.15) is 52.9 Å². The second-order valence-electron chi connectivity index (χ2n) is 7.00. The molecular weight excluding hydrogens is 316 g/mol. The summed E-state index contributed by atoms with van der Waals surface area (Å²) in [7, 11) is 1.56. The highest BCUT2D eigenvalue weighted by Gasteiger charge is 2.38. The Morgan fingerprint density at radius 1 is 1.36 bits per heavy atom. The lowest BCUT2D eigenvalue weighted by Gasteiger charge is -2.34. The molecule has 1 unspecified atom stereocenters. The highest BCUT2D eigenvalue weighted by molar-refractivity contribution is 5.85. The number of rotatable bonds is 14. The van der Waals surface area contributed by atoms with Gasteiger partial charge in [0.1, 0.15) is 18.2 Å². The molecule has 0 spiro atoms. The maximum Gasteiger partial charge on any atom is 0.162 e. The number of hydrogen-bond donors (Lipinski definition) is 0. The first-order valence-corrected chi connectivity index (χ1v) is 9.22. The summed E-state index contributed by atoms with van der Waals surface area (Å²) in [4.78, 5) is 12.2. The number of ketones is 1. The van der Waals surface area contributed by atoms with E-state index in [4.69, 9.17) is 14.2 Å². The van der Waals surface area contributed by atoms with Crippen molar-refractivity contribution in [2.45, 2.75) is 58.5 Å². The average molecular weight is 350 g/mol. The first kappa shape index (κ1) is 21.7. The van der Waals surface area contributed by atoms with Crippen molar-refractivity contribution in [3.8, 4) is 0 Å². The van der Waals surface area contributed by atoms with Crippen molar-refractivity contribution in [3.63, 3.8) is 0 Å². The molecule has 0 aromatic carbocycles. The van der Waals surface area contributed by atoms with Crippen molar-refractivity contribution in [2.75, 3.05) is 20.5 Å². The molecule has 1 rings (SSSR count). The largest absolute Gasteiger partial charge is 0.494 e. The lowest BCUT2D eigenvalue weighted by molar-refractivity contribution is -0.170. The third-order valence-electron chi connectivity index (χ3n) is 4.67. The van der Waals surface area contributed by atoms with Gasteiger partial charge in [-0.25, -0.2) is 0 Å². The Kier molecular flexibility index (Phi) is 9.76. The molecule has 1 fully saturated rings. The minimum atomic E-state index is -0.877. The summed E-state index contributed by atoms with van der Waals surface area (Å²) < 4.78 is 16.6. The number of methoxy groups -OCH3 is 1. The Morgan fingerprint density at radius 2 is 2.08 bits per heavy atom. The topological polar surface area (TPSA) is 44.8 Å². The standard InChI is InChI=1S/C21H34O4/c1-6-9-20(24-15-8-10-19-12-13-19)11-7-14-21(17(2)3,18(4)22)25-16-23-5/h6-7,9,11,17,19H,1,8,10,12-16H2,2-5H3/b11-7+,20-9+. The molecule has 4 heteroatoms. The van der Waals surface area contributed by atoms with Crippen molar-refractivity contribution >= 4 is 5.78 Å². The number of carbonyl (C=O) groups is 1. The van der Waals surface area contributed by atoms with Gasteiger partial charge in [0.15, 0.2) is 5.78 Å². The molecule has 1 aliphatic rings. The maximum atomic E-state index is 12.2. The minimum Gasteiger partial charge on any atom is -0.494 e. The average Bonchev–Trinajstić information content (AvgIpc) is 3.38. The van der Waals surface area contributed by atoms with Gasteiger partial charge in [-0.3, -0.25) is 4.79 Å². The predicted molar refractivity (Wildman–Crippen MR) is 101 cm³/mol. The molecule has 0 heterocycles. The second-order valence-corrected chi connectivity index (χ2v) is 7.00. The Balaban J connectivity index is 2.63. The number of allylic oxidation sites excluding steroid dienone is 3. The monoisotopic (exact) mass is 350 g/mol.